The van der Waals surface area contributed by atoms with Crippen LogP contribution in [0.4, 0.5) is 10.1 Å². The molecule has 1 N–H and O–H groups in total. The van der Waals surface area contributed by atoms with E-state index in [2.05, 4.69) is 17.1 Å². The first-order valence-electron chi connectivity index (χ1n) is 12.6. The SMILES string of the molecule is Cc1c(CN2CCN(C(=O)C3CCCC3)[C@@H](C)C2)cc(F)cc1NC(=O)CC1CCOCC1. The largest absolute Gasteiger partial charge is 0.381 e. The molecular formula is C26H38FN3O3. The molecule has 4 rings (SSSR count). The highest BCUT2D eigenvalue weighted by Crippen LogP contribution is 2.29. The smallest absolute Gasteiger partial charge is 0.226 e. The molecule has 0 unspecified atom stereocenters. The summed E-state index contributed by atoms with van der Waals surface area (Å²) in [6.45, 7) is 8.37. The van der Waals surface area contributed by atoms with Gasteiger partial charge in [-0.2, -0.15) is 0 Å². The summed E-state index contributed by atoms with van der Waals surface area (Å²) in [6, 6.07) is 3.14. The van der Waals surface area contributed by atoms with E-state index < -0.39 is 0 Å². The molecule has 1 atom stereocenters. The Morgan fingerprint density at radius 3 is 2.55 bits per heavy atom. The Morgan fingerprint density at radius 1 is 1.12 bits per heavy atom. The zero-order valence-electron chi connectivity index (χ0n) is 20.1. The van der Waals surface area contributed by atoms with Crippen molar-refractivity contribution < 1.29 is 18.7 Å². The maximum absolute atomic E-state index is 14.4. The lowest BCUT2D eigenvalue weighted by Crippen LogP contribution is -2.54. The topological polar surface area (TPSA) is 61.9 Å². The standard InChI is InChI=1S/C26H38FN3O3/c1-18-16-29(9-10-30(18)26(32)21-5-3-4-6-21)17-22-14-23(27)15-24(19(22)2)28-25(31)13-20-7-11-33-12-8-20/h14-15,18,20-21H,3-13,16-17H2,1-2H3,(H,28,31)/t18-/m0/s1. The number of ether oxygens (including phenoxy) is 1. The third-order valence-electron chi connectivity index (χ3n) is 7.66. The van der Waals surface area contributed by atoms with Crippen molar-refractivity contribution >= 4 is 17.5 Å². The monoisotopic (exact) mass is 459 g/mol. The van der Waals surface area contributed by atoms with E-state index in [1.54, 1.807) is 6.07 Å². The molecule has 3 fully saturated rings. The van der Waals surface area contributed by atoms with Gasteiger partial charge < -0.3 is 15.0 Å². The van der Waals surface area contributed by atoms with Gasteiger partial charge in [-0.15, -0.1) is 0 Å². The summed E-state index contributed by atoms with van der Waals surface area (Å²) in [5.41, 5.74) is 2.36. The molecule has 0 aromatic heterocycles. The van der Waals surface area contributed by atoms with Crippen LogP contribution >= 0.6 is 0 Å². The number of hydrogen-bond donors (Lipinski definition) is 1. The van der Waals surface area contributed by atoms with Crippen LogP contribution in [0.1, 0.15) is 63.0 Å². The van der Waals surface area contributed by atoms with Gasteiger partial charge in [-0.1, -0.05) is 12.8 Å². The molecule has 1 aromatic rings. The van der Waals surface area contributed by atoms with Crippen LogP contribution in [0, 0.1) is 24.6 Å². The number of anilines is 1. The molecule has 1 aromatic carbocycles. The van der Waals surface area contributed by atoms with E-state index >= 15 is 0 Å². The van der Waals surface area contributed by atoms with E-state index in [4.69, 9.17) is 4.74 Å². The van der Waals surface area contributed by atoms with E-state index in [1.165, 1.54) is 6.07 Å². The number of halogens is 1. The number of amides is 2. The molecule has 7 heteroatoms. The van der Waals surface area contributed by atoms with Gasteiger partial charge in [0.05, 0.1) is 0 Å². The van der Waals surface area contributed by atoms with Crippen molar-refractivity contribution in [2.75, 3.05) is 38.2 Å². The van der Waals surface area contributed by atoms with Crippen LogP contribution in [0.5, 0.6) is 0 Å². The number of carbonyl (C=O) groups is 2. The predicted molar refractivity (Wildman–Crippen MR) is 126 cm³/mol. The minimum atomic E-state index is -0.333. The summed E-state index contributed by atoms with van der Waals surface area (Å²) in [5, 5.41) is 2.95. The fourth-order valence-corrected chi connectivity index (χ4v) is 5.60. The van der Waals surface area contributed by atoms with E-state index in [1.807, 2.05) is 11.8 Å². The van der Waals surface area contributed by atoms with Gasteiger partial charge in [0, 0.05) is 63.5 Å². The van der Waals surface area contributed by atoms with E-state index in [9.17, 15) is 14.0 Å². The summed E-state index contributed by atoms with van der Waals surface area (Å²) in [4.78, 5) is 29.8. The fraction of sp³-hybridized carbons (Fsp3) is 0.692. The van der Waals surface area contributed by atoms with Crippen LogP contribution in [0.2, 0.25) is 0 Å². The minimum Gasteiger partial charge on any atom is -0.381 e. The average molecular weight is 460 g/mol. The number of benzene rings is 1. The first-order valence-corrected chi connectivity index (χ1v) is 12.6. The third kappa shape index (κ3) is 6.12. The van der Waals surface area contributed by atoms with Gasteiger partial charge in [0.2, 0.25) is 11.8 Å². The number of piperazine rings is 1. The number of carbonyl (C=O) groups excluding carboxylic acids is 2. The molecule has 2 aliphatic heterocycles. The molecule has 2 amide bonds. The van der Waals surface area contributed by atoms with Crippen molar-refractivity contribution in [2.45, 2.75) is 71.4 Å². The van der Waals surface area contributed by atoms with Crippen LogP contribution in [0.15, 0.2) is 12.1 Å². The first kappa shape index (κ1) is 24.1. The van der Waals surface area contributed by atoms with Crippen molar-refractivity contribution in [3.05, 3.63) is 29.1 Å². The molecule has 0 spiro atoms. The van der Waals surface area contributed by atoms with Gasteiger partial charge in [-0.25, -0.2) is 4.39 Å². The van der Waals surface area contributed by atoms with E-state index in [0.29, 0.717) is 43.7 Å². The Balaban J connectivity index is 1.35. The lowest BCUT2D eigenvalue weighted by Gasteiger charge is -2.41. The van der Waals surface area contributed by atoms with Crippen LogP contribution in [0.25, 0.3) is 0 Å². The van der Waals surface area contributed by atoms with Crippen LogP contribution < -0.4 is 5.32 Å². The second-order valence-corrected chi connectivity index (χ2v) is 10.1. The Kier molecular flexibility index (Phi) is 8.02. The number of hydrogen-bond acceptors (Lipinski definition) is 4. The third-order valence-corrected chi connectivity index (χ3v) is 7.66. The van der Waals surface area contributed by atoms with Gasteiger partial charge in [0.1, 0.15) is 5.82 Å². The summed E-state index contributed by atoms with van der Waals surface area (Å²) in [6.07, 6.45) is 6.62. The van der Waals surface area contributed by atoms with Crippen LogP contribution in [0.3, 0.4) is 0 Å². The van der Waals surface area contributed by atoms with Crippen molar-refractivity contribution in [1.29, 1.82) is 0 Å². The Labute approximate surface area is 196 Å². The van der Waals surface area contributed by atoms with Crippen molar-refractivity contribution in [3.8, 4) is 0 Å². The van der Waals surface area contributed by atoms with Crippen LogP contribution in [-0.2, 0) is 20.9 Å². The molecule has 0 bridgehead atoms. The number of nitrogens with zero attached hydrogens (tertiary/aromatic N) is 2. The quantitative estimate of drug-likeness (QED) is 0.695. The zero-order valence-corrected chi connectivity index (χ0v) is 20.1. The van der Waals surface area contributed by atoms with Crippen LogP contribution in [-0.4, -0.2) is 60.5 Å². The lowest BCUT2D eigenvalue weighted by molar-refractivity contribution is -0.140. The van der Waals surface area contributed by atoms with Gasteiger partial charge in [-0.3, -0.25) is 14.5 Å². The predicted octanol–water partition coefficient (Wildman–Crippen LogP) is 4.11. The molecule has 6 nitrogen and oxygen atoms in total. The fourth-order valence-electron chi connectivity index (χ4n) is 5.60. The molecule has 0 radical (unpaired) electrons. The summed E-state index contributed by atoms with van der Waals surface area (Å²) in [5.74, 6) is 0.457. The van der Waals surface area contributed by atoms with E-state index in [-0.39, 0.29) is 23.7 Å². The maximum atomic E-state index is 14.4. The number of rotatable bonds is 6. The Morgan fingerprint density at radius 2 is 1.85 bits per heavy atom. The molecule has 1 saturated carbocycles. The molecule has 33 heavy (non-hydrogen) atoms. The van der Waals surface area contributed by atoms with Crippen molar-refractivity contribution in [3.63, 3.8) is 0 Å². The number of nitrogens with one attached hydrogen (secondary N) is 1. The molecule has 2 heterocycles. The summed E-state index contributed by atoms with van der Waals surface area (Å²) < 4.78 is 19.8. The molecule has 1 aliphatic carbocycles. The van der Waals surface area contributed by atoms with Gasteiger partial charge in [-0.05, 0) is 68.7 Å². The lowest BCUT2D eigenvalue weighted by atomic mass is 9.96. The second-order valence-electron chi connectivity index (χ2n) is 10.1. The van der Waals surface area contributed by atoms with Gasteiger partial charge in [0.15, 0.2) is 0 Å². The Bertz CT molecular complexity index is 849. The summed E-state index contributed by atoms with van der Waals surface area (Å²) >= 11 is 0. The van der Waals surface area contributed by atoms with Gasteiger partial charge >= 0.3 is 0 Å². The van der Waals surface area contributed by atoms with Crippen molar-refractivity contribution in [2.24, 2.45) is 11.8 Å². The van der Waals surface area contributed by atoms with Gasteiger partial charge in [0.25, 0.3) is 0 Å². The molecule has 3 aliphatic rings. The highest BCUT2D eigenvalue weighted by atomic mass is 19.1. The highest BCUT2D eigenvalue weighted by molar-refractivity contribution is 5.91. The maximum Gasteiger partial charge on any atom is 0.226 e. The Hall–Kier alpha value is -1.99. The normalized spacial score (nSPS) is 23.1. The van der Waals surface area contributed by atoms with Crippen molar-refractivity contribution in [1.82, 2.24) is 9.80 Å². The first-order chi connectivity index (χ1) is 15.9. The highest BCUT2D eigenvalue weighted by Gasteiger charge is 2.33. The minimum absolute atomic E-state index is 0.0609. The zero-order chi connectivity index (χ0) is 23.4. The second kappa shape index (κ2) is 11.0. The molecule has 2 saturated heterocycles. The summed E-state index contributed by atoms with van der Waals surface area (Å²) in [7, 11) is 0. The molecule has 182 valence electrons. The van der Waals surface area contributed by atoms with E-state index in [0.717, 1.165) is 69.3 Å². The average Bonchev–Trinajstić information content (AvgIpc) is 3.32. The molecular weight excluding hydrogens is 421 g/mol.